The van der Waals surface area contributed by atoms with Crippen LogP contribution < -0.4 is 4.90 Å². The first-order valence-corrected chi connectivity index (χ1v) is 6.65. The zero-order valence-corrected chi connectivity index (χ0v) is 11.7. The summed E-state index contributed by atoms with van der Waals surface area (Å²) in [5, 5.41) is 1.38. The van der Waals surface area contributed by atoms with Crippen molar-refractivity contribution in [2.45, 2.75) is 13.8 Å². The molecule has 0 fully saturated rings. The molecule has 19 heavy (non-hydrogen) atoms. The normalized spacial score (nSPS) is 10.8. The number of anilines is 1. The van der Waals surface area contributed by atoms with Gasteiger partial charge >= 0.3 is 0 Å². The molecular weight excluding hydrogens is 265 g/mol. The van der Waals surface area contributed by atoms with Crippen molar-refractivity contribution in [1.29, 1.82) is 0 Å². The van der Waals surface area contributed by atoms with Crippen molar-refractivity contribution < 1.29 is 9.18 Å². The monoisotopic (exact) mass is 279 g/mol. The van der Waals surface area contributed by atoms with E-state index in [1.807, 2.05) is 13.8 Å². The molecule has 0 aromatic carbocycles. The van der Waals surface area contributed by atoms with Gasteiger partial charge in [0.1, 0.15) is 15.8 Å². The third-order valence-electron chi connectivity index (χ3n) is 2.60. The van der Waals surface area contributed by atoms with Crippen LogP contribution in [0.2, 0.25) is 0 Å². The van der Waals surface area contributed by atoms with Crippen LogP contribution in [-0.4, -0.2) is 22.9 Å². The lowest BCUT2D eigenvalue weighted by molar-refractivity contribution is -0.121. The Balaban J connectivity index is 2.27. The van der Waals surface area contributed by atoms with Gasteiger partial charge in [0.2, 0.25) is 5.91 Å². The van der Waals surface area contributed by atoms with Crippen LogP contribution in [0.15, 0.2) is 24.7 Å². The van der Waals surface area contributed by atoms with Gasteiger partial charge in [-0.1, -0.05) is 25.2 Å². The molecule has 2 rings (SSSR count). The van der Waals surface area contributed by atoms with Crippen LogP contribution in [0.1, 0.15) is 13.8 Å². The average molecular weight is 279 g/mol. The topological polar surface area (TPSA) is 46.1 Å². The maximum absolute atomic E-state index is 13.1. The second kappa shape index (κ2) is 5.44. The second-order valence-corrected chi connectivity index (χ2v) is 5.46. The number of pyridine rings is 1. The Hall–Kier alpha value is -1.82. The van der Waals surface area contributed by atoms with Gasteiger partial charge in [-0.3, -0.25) is 9.78 Å². The average Bonchev–Trinajstić information content (AvgIpc) is 2.86. The van der Waals surface area contributed by atoms with E-state index in [1.54, 1.807) is 24.3 Å². The van der Waals surface area contributed by atoms with Crippen molar-refractivity contribution >= 4 is 22.2 Å². The molecule has 0 saturated carbocycles. The number of aromatic nitrogens is 2. The zero-order valence-electron chi connectivity index (χ0n) is 10.9. The summed E-state index contributed by atoms with van der Waals surface area (Å²) >= 11 is 1.34. The summed E-state index contributed by atoms with van der Waals surface area (Å²) in [4.78, 5) is 21.4. The molecule has 0 spiro atoms. The van der Waals surface area contributed by atoms with Crippen LogP contribution in [0, 0.1) is 11.7 Å². The highest BCUT2D eigenvalue weighted by Gasteiger charge is 2.17. The predicted octanol–water partition coefficient (Wildman–Crippen LogP) is 2.96. The van der Waals surface area contributed by atoms with E-state index in [1.165, 1.54) is 17.4 Å². The Labute approximate surface area is 114 Å². The Morgan fingerprint density at radius 1 is 1.37 bits per heavy atom. The Morgan fingerprint density at radius 2 is 2.11 bits per heavy atom. The molecule has 0 bridgehead atoms. The van der Waals surface area contributed by atoms with E-state index in [2.05, 4.69) is 9.97 Å². The third kappa shape index (κ3) is 2.96. The summed E-state index contributed by atoms with van der Waals surface area (Å²) in [6.45, 7) is 3.69. The van der Waals surface area contributed by atoms with Crippen molar-refractivity contribution in [2.75, 3.05) is 11.9 Å². The van der Waals surface area contributed by atoms with Crippen molar-refractivity contribution in [3.8, 4) is 10.6 Å². The highest BCUT2D eigenvalue weighted by molar-refractivity contribution is 7.19. The number of carbonyl (C=O) groups excluding carboxylic acids is 1. The lowest BCUT2D eigenvalue weighted by Gasteiger charge is -2.16. The van der Waals surface area contributed by atoms with E-state index in [0.29, 0.717) is 10.6 Å². The SMILES string of the molecule is CC(C)C(=O)N(C)c1cnc(-c2cncc(F)c2)s1. The highest BCUT2D eigenvalue weighted by atomic mass is 32.1. The predicted molar refractivity (Wildman–Crippen MR) is 73.6 cm³/mol. The van der Waals surface area contributed by atoms with Crippen LogP contribution in [-0.2, 0) is 4.79 Å². The Kier molecular flexibility index (Phi) is 3.90. The summed E-state index contributed by atoms with van der Waals surface area (Å²) in [7, 11) is 1.71. The number of nitrogens with zero attached hydrogens (tertiary/aromatic N) is 3. The van der Waals surface area contributed by atoms with E-state index in [-0.39, 0.29) is 11.8 Å². The van der Waals surface area contributed by atoms with E-state index >= 15 is 0 Å². The minimum Gasteiger partial charge on any atom is -0.305 e. The van der Waals surface area contributed by atoms with Crippen LogP contribution in [0.4, 0.5) is 9.39 Å². The molecule has 0 aliphatic heterocycles. The maximum atomic E-state index is 13.1. The molecule has 0 aliphatic rings. The quantitative estimate of drug-likeness (QED) is 0.867. The van der Waals surface area contributed by atoms with Gasteiger partial charge in [0.15, 0.2) is 0 Å². The number of rotatable bonds is 3. The standard InChI is InChI=1S/C13H14FN3OS/c1-8(2)13(18)17(3)11-7-16-12(19-11)9-4-10(14)6-15-5-9/h4-8H,1-3H3. The fraction of sp³-hybridized carbons (Fsp3) is 0.308. The molecule has 0 radical (unpaired) electrons. The van der Waals surface area contributed by atoms with Gasteiger partial charge in [0.25, 0.3) is 0 Å². The fourth-order valence-corrected chi connectivity index (χ4v) is 2.44. The minimum absolute atomic E-state index is 0.0209. The molecule has 1 amide bonds. The highest BCUT2D eigenvalue weighted by Crippen LogP contribution is 2.30. The molecule has 0 N–H and O–H groups in total. The van der Waals surface area contributed by atoms with Crippen molar-refractivity contribution in [1.82, 2.24) is 9.97 Å². The van der Waals surface area contributed by atoms with E-state index in [4.69, 9.17) is 0 Å². The lowest BCUT2D eigenvalue weighted by Crippen LogP contribution is -2.29. The number of halogens is 1. The summed E-state index contributed by atoms with van der Waals surface area (Å²) in [5.74, 6) is -0.459. The summed E-state index contributed by atoms with van der Waals surface area (Å²) in [6.07, 6.45) is 4.31. The van der Waals surface area contributed by atoms with Gasteiger partial charge < -0.3 is 4.90 Å². The van der Waals surface area contributed by atoms with Crippen LogP contribution >= 0.6 is 11.3 Å². The molecular formula is C13H14FN3OS. The maximum Gasteiger partial charge on any atom is 0.229 e. The van der Waals surface area contributed by atoms with Crippen molar-refractivity contribution in [2.24, 2.45) is 5.92 Å². The number of hydrogen-bond donors (Lipinski definition) is 0. The Bertz CT molecular complexity index is 597. The van der Waals surface area contributed by atoms with Gasteiger partial charge in [-0.25, -0.2) is 9.37 Å². The molecule has 0 saturated heterocycles. The van der Waals surface area contributed by atoms with Gasteiger partial charge in [0.05, 0.1) is 12.4 Å². The molecule has 0 unspecified atom stereocenters. The first-order valence-electron chi connectivity index (χ1n) is 5.83. The van der Waals surface area contributed by atoms with E-state index in [9.17, 15) is 9.18 Å². The molecule has 100 valence electrons. The molecule has 0 atom stereocenters. The molecule has 2 heterocycles. The van der Waals surface area contributed by atoms with Crippen LogP contribution in [0.25, 0.3) is 10.6 Å². The zero-order chi connectivity index (χ0) is 14.0. The lowest BCUT2D eigenvalue weighted by atomic mass is 10.2. The third-order valence-corrected chi connectivity index (χ3v) is 3.72. The van der Waals surface area contributed by atoms with E-state index < -0.39 is 5.82 Å². The van der Waals surface area contributed by atoms with Gasteiger partial charge in [-0.15, -0.1) is 0 Å². The van der Waals surface area contributed by atoms with Gasteiger partial charge in [-0.05, 0) is 6.07 Å². The molecule has 4 nitrogen and oxygen atoms in total. The smallest absolute Gasteiger partial charge is 0.229 e. The first-order chi connectivity index (χ1) is 8.99. The van der Waals surface area contributed by atoms with Crippen molar-refractivity contribution in [3.05, 3.63) is 30.5 Å². The number of thiazole rings is 1. The van der Waals surface area contributed by atoms with E-state index in [0.717, 1.165) is 11.2 Å². The largest absolute Gasteiger partial charge is 0.305 e. The minimum atomic E-state index is -0.402. The number of amides is 1. The van der Waals surface area contributed by atoms with Crippen molar-refractivity contribution in [3.63, 3.8) is 0 Å². The summed E-state index contributed by atoms with van der Waals surface area (Å²) in [6, 6.07) is 1.37. The van der Waals surface area contributed by atoms with Gasteiger partial charge in [0, 0.05) is 24.7 Å². The number of hydrogen-bond acceptors (Lipinski definition) is 4. The molecule has 6 heteroatoms. The van der Waals surface area contributed by atoms with Gasteiger partial charge in [-0.2, -0.15) is 0 Å². The van der Waals surface area contributed by atoms with Crippen LogP contribution in [0.3, 0.4) is 0 Å². The molecule has 2 aromatic heterocycles. The number of carbonyl (C=O) groups is 1. The molecule has 2 aromatic rings. The summed E-state index contributed by atoms with van der Waals surface area (Å²) in [5.41, 5.74) is 0.613. The molecule has 0 aliphatic carbocycles. The fourth-order valence-electron chi connectivity index (χ4n) is 1.58. The second-order valence-electron chi connectivity index (χ2n) is 4.45. The summed E-state index contributed by atoms with van der Waals surface area (Å²) < 4.78 is 13.1. The first kappa shape index (κ1) is 13.6. The van der Waals surface area contributed by atoms with Crippen LogP contribution in [0.5, 0.6) is 0 Å². The Morgan fingerprint density at radius 3 is 2.74 bits per heavy atom.